The zero-order chi connectivity index (χ0) is 12.1. The first-order valence-electron chi connectivity index (χ1n) is 6.65. The van der Waals surface area contributed by atoms with Crippen molar-refractivity contribution in [3.63, 3.8) is 0 Å². The molecule has 5 heteroatoms. The zero-order valence-electron chi connectivity index (χ0n) is 11.3. The molecule has 0 aromatic carbocycles. The monoisotopic (exact) mass is 289 g/mol. The molecule has 0 spiro atoms. The second-order valence-corrected chi connectivity index (χ2v) is 5.87. The molecule has 18 heavy (non-hydrogen) atoms. The lowest BCUT2D eigenvalue weighted by Crippen LogP contribution is -2.43. The summed E-state index contributed by atoms with van der Waals surface area (Å²) >= 11 is 1.76. The number of hydrogen-bond acceptors (Lipinski definition) is 4. The lowest BCUT2D eigenvalue weighted by molar-refractivity contribution is 0.152. The minimum atomic E-state index is 0. The van der Waals surface area contributed by atoms with Gasteiger partial charge in [-0.2, -0.15) is 0 Å². The number of aryl methyl sites for hydroxylation is 1. The Bertz CT molecular complexity index is 337. The van der Waals surface area contributed by atoms with Crippen molar-refractivity contribution in [3.05, 3.63) is 16.1 Å². The van der Waals surface area contributed by atoms with Gasteiger partial charge in [-0.25, -0.2) is 4.98 Å². The predicted molar refractivity (Wildman–Crippen MR) is 80.7 cm³/mol. The topological polar surface area (TPSA) is 28.2 Å². The fourth-order valence-electron chi connectivity index (χ4n) is 2.54. The van der Waals surface area contributed by atoms with Crippen LogP contribution >= 0.6 is 23.7 Å². The molecule has 2 rings (SSSR count). The van der Waals surface area contributed by atoms with Gasteiger partial charge in [0.15, 0.2) is 0 Å². The Hall–Kier alpha value is -0.160. The van der Waals surface area contributed by atoms with Crippen LogP contribution in [0, 0.1) is 6.92 Å². The van der Waals surface area contributed by atoms with Crippen LogP contribution in [0.4, 0.5) is 0 Å². The van der Waals surface area contributed by atoms with Gasteiger partial charge in [-0.3, -0.25) is 4.90 Å². The number of nitrogens with zero attached hydrogens (tertiary/aromatic N) is 2. The van der Waals surface area contributed by atoms with E-state index in [2.05, 4.69) is 34.4 Å². The molecule has 1 N–H and O–H groups in total. The smallest absolute Gasteiger partial charge is 0.0897 e. The molecule has 1 saturated heterocycles. The van der Waals surface area contributed by atoms with Crippen LogP contribution in [-0.2, 0) is 6.54 Å². The summed E-state index contributed by atoms with van der Waals surface area (Å²) in [5.41, 5.74) is 1.25. The predicted octanol–water partition coefficient (Wildman–Crippen LogP) is 2.84. The minimum Gasteiger partial charge on any atom is -0.317 e. The van der Waals surface area contributed by atoms with Crippen LogP contribution in [0.2, 0.25) is 0 Å². The van der Waals surface area contributed by atoms with E-state index in [-0.39, 0.29) is 12.4 Å². The molecule has 0 bridgehead atoms. The minimum absolute atomic E-state index is 0. The number of rotatable bonds is 5. The Balaban J connectivity index is 0.00000162. The zero-order valence-corrected chi connectivity index (χ0v) is 12.9. The van der Waals surface area contributed by atoms with Crippen LogP contribution in [-0.4, -0.2) is 35.6 Å². The van der Waals surface area contributed by atoms with Crippen LogP contribution in [0.25, 0.3) is 0 Å². The van der Waals surface area contributed by atoms with E-state index in [1.165, 1.54) is 49.6 Å². The lowest BCUT2D eigenvalue weighted by Gasteiger charge is -2.34. The molecule has 0 saturated carbocycles. The van der Waals surface area contributed by atoms with Crippen LogP contribution in [0.15, 0.2) is 5.38 Å². The molecular weight excluding hydrogens is 266 g/mol. The third kappa shape index (κ3) is 4.50. The van der Waals surface area contributed by atoms with Crippen LogP contribution < -0.4 is 5.32 Å². The van der Waals surface area contributed by atoms with E-state index >= 15 is 0 Å². The number of thiazole rings is 1. The van der Waals surface area contributed by atoms with Gasteiger partial charge in [0.05, 0.1) is 10.7 Å². The summed E-state index contributed by atoms with van der Waals surface area (Å²) in [5.74, 6) is 0. The van der Waals surface area contributed by atoms with E-state index in [4.69, 9.17) is 0 Å². The van der Waals surface area contributed by atoms with Crippen molar-refractivity contribution < 1.29 is 0 Å². The Morgan fingerprint density at radius 1 is 1.44 bits per heavy atom. The fourth-order valence-corrected chi connectivity index (χ4v) is 3.14. The van der Waals surface area contributed by atoms with Crippen molar-refractivity contribution in [3.8, 4) is 0 Å². The van der Waals surface area contributed by atoms with Gasteiger partial charge in [0.1, 0.15) is 0 Å². The molecule has 1 fully saturated rings. The maximum absolute atomic E-state index is 4.59. The second-order valence-electron chi connectivity index (χ2n) is 4.81. The normalized spacial score (nSPS) is 16.8. The highest BCUT2D eigenvalue weighted by Crippen LogP contribution is 2.17. The van der Waals surface area contributed by atoms with Crippen molar-refractivity contribution in [1.82, 2.24) is 15.2 Å². The molecule has 1 aromatic rings. The van der Waals surface area contributed by atoms with E-state index in [1.54, 1.807) is 11.3 Å². The Kier molecular flexibility index (Phi) is 7.15. The quantitative estimate of drug-likeness (QED) is 0.903. The molecule has 104 valence electrons. The van der Waals surface area contributed by atoms with E-state index in [0.717, 1.165) is 12.6 Å². The molecule has 0 atom stereocenters. The van der Waals surface area contributed by atoms with Gasteiger partial charge in [-0.15, -0.1) is 23.7 Å². The highest BCUT2D eigenvalue weighted by atomic mass is 35.5. The van der Waals surface area contributed by atoms with Crippen LogP contribution in [0.3, 0.4) is 0 Å². The van der Waals surface area contributed by atoms with Crippen molar-refractivity contribution in [2.75, 3.05) is 19.6 Å². The number of nitrogens with one attached hydrogen (secondary N) is 1. The first-order valence-corrected chi connectivity index (χ1v) is 7.53. The lowest BCUT2D eigenvalue weighted by atomic mass is 10.0. The highest BCUT2D eigenvalue weighted by molar-refractivity contribution is 7.09. The maximum Gasteiger partial charge on any atom is 0.0897 e. The summed E-state index contributed by atoms with van der Waals surface area (Å²) < 4.78 is 0. The van der Waals surface area contributed by atoms with Gasteiger partial charge >= 0.3 is 0 Å². The fraction of sp³-hybridized carbons (Fsp3) is 0.769. The SMILES string of the molecule is CCCN(Cc1csc(C)n1)C1CCNCC1.Cl. The number of piperidine rings is 1. The molecule has 3 nitrogen and oxygen atoms in total. The van der Waals surface area contributed by atoms with E-state index < -0.39 is 0 Å². The van der Waals surface area contributed by atoms with Gasteiger partial charge in [-0.1, -0.05) is 6.92 Å². The molecule has 0 aliphatic carbocycles. The summed E-state index contributed by atoms with van der Waals surface area (Å²) in [6, 6.07) is 0.748. The third-order valence-electron chi connectivity index (χ3n) is 3.37. The van der Waals surface area contributed by atoms with E-state index in [1.807, 2.05) is 0 Å². The first kappa shape index (κ1) is 15.9. The van der Waals surface area contributed by atoms with Crippen molar-refractivity contribution in [1.29, 1.82) is 0 Å². The molecule has 2 heterocycles. The van der Waals surface area contributed by atoms with Gasteiger partial charge in [0.2, 0.25) is 0 Å². The van der Waals surface area contributed by atoms with Gasteiger partial charge in [0, 0.05) is 18.0 Å². The van der Waals surface area contributed by atoms with Crippen LogP contribution in [0.5, 0.6) is 0 Å². The van der Waals surface area contributed by atoms with Crippen LogP contribution in [0.1, 0.15) is 36.9 Å². The summed E-state index contributed by atoms with van der Waals surface area (Å²) in [6.45, 7) is 8.91. The second kappa shape index (κ2) is 8.10. The Morgan fingerprint density at radius 3 is 2.72 bits per heavy atom. The van der Waals surface area contributed by atoms with E-state index in [0.29, 0.717) is 0 Å². The first-order chi connectivity index (χ1) is 8.29. The summed E-state index contributed by atoms with van der Waals surface area (Å²) in [5, 5.41) is 6.83. The Morgan fingerprint density at radius 2 is 2.17 bits per heavy atom. The maximum atomic E-state index is 4.59. The standard InChI is InChI=1S/C13H23N3S.ClH/c1-3-8-16(13-4-6-14-7-5-13)9-12-10-17-11(2)15-12;/h10,13-14H,3-9H2,1-2H3;1H. The van der Waals surface area contributed by atoms with Gasteiger partial charge in [0.25, 0.3) is 0 Å². The van der Waals surface area contributed by atoms with Crippen molar-refractivity contribution in [2.45, 2.75) is 45.7 Å². The molecular formula is C13H24ClN3S. The Labute approximate surface area is 120 Å². The molecule has 0 unspecified atom stereocenters. The number of aromatic nitrogens is 1. The van der Waals surface area contributed by atoms with Crippen molar-refractivity contribution >= 4 is 23.7 Å². The third-order valence-corrected chi connectivity index (χ3v) is 4.19. The molecule has 0 radical (unpaired) electrons. The summed E-state index contributed by atoms with van der Waals surface area (Å²) in [6.07, 6.45) is 3.79. The average Bonchev–Trinajstić information content (AvgIpc) is 2.75. The molecule has 1 aliphatic rings. The average molecular weight is 290 g/mol. The number of halogens is 1. The molecule has 1 aliphatic heterocycles. The van der Waals surface area contributed by atoms with E-state index in [9.17, 15) is 0 Å². The largest absolute Gasteiger partial charge is 0.317 e. The van der Waals surface area contributed by atoms with Gasteiger partial charge < -0.3 is 5.32 Å². The molecule has 0 amide bonds. The summed E-state index contributed by atoms with van der Waals surface area (Å²) in [4.78, 5) is 7.21. The van der Waals surface area contributed by atoms with Crippen molar-refractivity contribution in [2.24, 2.45) is 0 Å². The highest BCUT2D eigenvalue weighted by Gasteiger charge is 2.20. The number of hydrogen-bond donors (Lipinski definition) is 1. The molecule has 1 aromatic heterocycles. The van der Waals surface area contributed by atoms with Gasteiger partial charge in [-0.05, 0) is 45.8 Å². The summed E-state index contributed by atoms with van der Waals surface area (Å²) in [7, 11) is 0.